The third-order valence-electron chi connectivity index (χ3n) is 3.14. The molecule has 0 saturated heterocycles. The van der Waals surface area contributed by atoms with E-state index in [1.807, 2.05) is 30.3 Å². The van der Waals surface area contributed by atoms with Crippen LogP contribution in [0.2, 0.25) is 15.1 Å². The summed E-state index contributed by atoms with van der Waals surface area (Å²) in [6.07, 6.45) is 1.02. The van der Waals surface area contributed by atoms with Gasteiger partial charge in [-0.05, 0) is 54.4 Å². The topological polar surface area (TPSA) is 12.0 Å². The number of hydrogen-bond donors (Lipinski definition) is 1. The van der Waals surface area contributed by atoms with Crippen molar-refractivity contribution in [2.75, 3.05) is 6.54 Å². The van der Waals surface area contributed by atoms with Gasteiger partial charge in [0.15, 0.2) is 0 Å². The van der Waals surface area contributed by atoms with Crippen molar-refractivity contribution in [3.05, 3.63) is 67.1 Å². The lowest BCUT2D eigenvalue weighted by Crippen LogP contribution is -2.23. The van der Waals surface area contributed by atoms with Gasteiger partial charge in [0, 0.05) is 19.5 Å². The van der Waals surface area contributed by atoms with Gasteiger partial charge in [-0.2, -0.15) is 0 Å². The molecule has 2 aromatic carbocycles. The van der Waals surface area contributed by atoms with Crippen LogP contribution in [0.25, 0.3) is 0 Å². The summed E-state index contributed by atoms with van der Waals surface area (Å²) in [4.78, 5) is 0. The molecule has 0 aliphatic carbocycles. The summed E-state index contributed by atoms with van der Waals surface area (Å²) in [7, 11) is 0. The molecule has 1 N–H and O–H groups in total. The SMILES string of the molecule is CCCNC(c1ccc(Br)cc1Cl)c1cc(Cl)ccc1Cl. The number of nitrogens with one attached hydrogen (secondary N) is 1. The average Bonchev–Trinajstić information content (AvgIpc) is 2.44. The second kappa shape index (κ2) is 7.85. The molecule has 5 heteroatoms. The van der Waals surface area contributed by atoms with Gasteiger partial charge in [0.25, 0.3) is 0 Å². The summed E-state index contributed by atoms with van der Waals surface area (Å²) in [6, 6.07) is 11.2. The maximum atomic E-state index is 6.40. The highest BCUT2D eigenvalue weighted by Gasteiger charge is 2.19. The maximum absolute atomic E-state index is 6.40. The summed E-state index contributed by atoms with van der Waals surface area (Å²) in [5, 5.41) is 5.51. The van der Waals surface area contributed by atoms with Gasteiger partial charge < -0.3 is 5.32 Å². The number of hydrogen-bond acceptors (Lipinski definition) is 1. The molecule has 0 heterocycles. The van der Waals surface area contributed by atoms with Crippen LogP contribution in [-0.4, -0.2) is 6.54 Å². The van der Waals surface area contributed by atoms with Gasteiger partial charge in [0.1, 0.15) is 0 Å². The van der Waals surface area contributed by atoms with Crippen molar-refractivity contribution in [1.29, 1.82) is 0 Å². The Labute approximate surface area is 148 Å². The van der Waals surface area contributed by atoms with Crippen LogP contribution in [0.4, 0.5) is 0 Å². The van der Waals surface area contributed by atoms with E-state index >= 15 is 0 Å². The monoisotopic (exact) mass is 405 g/mol. The molecule has 2 rings (SSSR count). The second-order valence-electron chi connectivity index (χ2n) is 4.72. The molecule has 0 fully saturated rings. The molecule has 0 bridgehead atoms. The van der Waals surface area contributed by atoms with Crippen LogP contribution in [0.15, 0.2) is 40.9 Å². The Morgan fingerprint density at radius 1 is 1.00 bits per heavy atom. The van der Waals surface area contributed by atoms with E-state index in [1.54, 1.807) is 6.07 Å². The van der Waals surface area contributed by atoms with Gasteiger partial charge in [-0.25, -0.2) is 0 Å². The van der Waals surface area contributed by atoms with E-state index in [9.17, 15) is 0 Å². The first-order valence-corrected chi connectivity index (χ1v) is 8.59. The number of rotatable bonds is 5. The Hall–Kier alpha value is -0.250. The van der Waals surface area contributed by atoms with E-state index in [4.69, 9.17) is 34.8 Å². The van der Waals surface area contributed by atoms with Crippen LogP contribution in [-0.2, 0) is 0 Å². The standard InChI is InChI=1S/C16H15BrCl3N/c1-2-7-21-16(12-5-3-10(17)8-15(12)20)13-9-11(18)4-6-14(13)19/h3-6,8-9,16,21H,2,7H2,1H3. The van der Waals surface area contributed by atoms with Gasteiger partial charge in [0.2, 0.25) is 0 Å². The summed E-state index contributed by atoms with van der Waals surface area (Å²) < 4.78 is 0.947. The zero-order chi connectivity index (χ0) is 15.4. The highest BCUT2D eigenvalue weighted by molar-refractivity contribution is 9.10. The Kier molecular flexibility index (Phi) is 6.39. The summed E-state index contributed by atoms with van der Waals surface area (Å²) >= 11 is 22.3. The van der Waals surface area contributed by atoms with Gasteiger partial charge in [-0.15, -0.1) is 0 Å². The first kappa shape index (κ1) is 17.1. The largest absolute Gasteiger partial charge is 0.306 e. The summed E-state index contributed by atoms with van der Waals surface area (Å²) in [5.74, 6) is 0. The molecule has 1 nitrogen and oxygen atoms in total. The normalized spacial score (nSPS) is 12.4. The zero-order valence-electron chi connectivity index (χ0n) is 11.5. The fourth-order valence-electron chi connectivity index (χ4n) is 2.15. The first-order chi connectivity index (χ1) is 10.0. The molecule has 0 aromatic heterocycles. The Morgan fingerprint density at radius 3 is 2.43 bits per heavy atom. The molecule has 1 unspecified atom stereocenters. The minimum Gasteiger partial charge on any atom is -0.306 e. The summed E-state index contributed by atoms with van der Waals surface area (Å²) in [6.45, 7) is 2.98. The number of benzene rings is 2. The molecule has 0 spiro atoms. The Morgan fingerprint density at radius 2 is 1.76 bits per heavy atom. The Bertz CT molecular complexity index is 631. The molecule has 1 atom stereocenters. The minimum atomic E-state index is -0.0863. The maximum Gasteiger partial charge on any atom is 0.0606 e. The van der Waals surface area contributed by atoms with E-state index in [0.29, 0.717) is 15.1 Å². The van der Waals surface area contributed by atoms with E-state index in [1.165, 1.54) is 0 Å². The quantitative estimate of drug-likeness (QED) is 0.597. The lowest BCUT2D eigenvalue weighted by molar-refractivity contribution is 0.599. The molecule has 0 aliphatic rings. The third-order valence-corrected chi connectivity index (χ3v) is 4.54. The van der Waals surface area contributed by atoms with Crippen molar-refractivity contribution in [1.82, 2.24) is 5.32 Å². The van der Waals surface area contributed by atoms with Gasteiger partial charge in [-0.3, -0.25) is 0 Å². The zero-order valence-corrected chi connectivity index (χ0v) is 15.3. The second-order valence-corrected chi connectivity index (χ2v) is 6.89. The molecular weight excluding hydrogens is 392 g/mol. The van der Waals surface area contributed by atoms with Crippen molar-refractivity contribution in [3.8, 4) is 0 Å². The minimum absolute atomic E-state index is 0.0863. The van der Waals surface area contributed by atoms with Gasteiger partial charge in [-0.1, -0.05) is 63.7 Å². The van der Waals surface area contributed by atoms with E-state index in [-0.39, 0.29) is 6.04 Å². The van der Waals surface area contributed by atoms with Crippen LogP contribution in [0.5, 0.6) is 0 Å². The van der Waals surface area contributed by atoms with Crippen molar-refractivity contribution < 1.29 is 0 Å². The molecular formula is C16H15BrCl3N. The van der Waals surface area contributed by atoms with E-state index in [2.05, 4.69) is 28.2 Å². The third kappa shape index (κ3) is 4.37. The van der Waals surface area contributed by atoms with Gasteiger partial charge >= 0.3 is 0 Å². The van der Waals surface area contributed by atoms with Crippen LogP contribution in [0.1, 0.15) is 30.5 Å². The van der Waals surface area contributed by atoms with E-state index in [0.717, 1.165) is 28.6 Å². The molecule has 0 saturated carbocycles. The fourth-order valence-corrected chi connectivity index (χ4v) is 3.34. The van der Waals surface area contributed by atoms with Crippen molar-refractivity contribution in [2.24, 2.45) is 0 Å². The first-order valence-electron chi connectivity index (χ1n) is 6.66. The van der Waals surface area contributed by atoms with Crippen LogP contribution in [0, 0.1) is 0 Å². The lowest BCUT2D eigenvalue weighted by Gasteiger charge is -2.22. The van der Waals surface area contributed by atoms with Crippen molar-refractivity contribution in [2.45, 2.75) is 19.4 Å². The fraction of sp³-hybridized carbons (Fsp3) is 0.250. The molecule has 0 amide bonds. The van der Waals surface area contributed by atoms with Crippen molar-refractivity contribution in [3.63, 3.8) is 0 Å². The van der Waals surface area contributed by atoms with Crippen LogP contribution in [0.3, 0.4) is 0 Å². The molecule has 2 aromatic rings. The lowest BCUT2D eigenvalue weighted by atomic mass is 9.98. The average molecular weight is 408 g/mol. The molecule has 112 valence electrons. The highest BCUT2D eigenvalue weighted by atomic mass is 79.9. The molecule has 0 radical (unpaired) electrons. The molecule has 0 aliphatic heterocycles. The van der Waals surface area contributed by atoms with Crippen molar-refractivity contribution >= 4 is 50.7 Å². The Balaban J connectivity index is 2.49. The van der Waals surface area contributed by atoms with E-state index < -0.39 is 0 Å². The highest BCUT2D eigenvalue weighted by Crippen LogP contribution is 2.35. The predicted octanol–water partition coefficient (Wildman–Crippen LogP) is 6.50. The van der Waals surface area contributed by atoms with Gasteiger partial charge in [0.05, 0.1) is 6.04 Å². The smallest absolute Gasteiger partial charge is 0.0606 e. The van der Waals surface area contributed by atoms with Crippen LogP contribution < -0.4 is 5.32 Å². The van der Waals surface area contributed by atoms with Crippen LogP contribution >= 0.6 is 50.7 Å². The predicted molar refractivity (Wildman–Crippen MR) is 95.8 cm³/mol. The molecule has 21 heavy (non-hydrogen) atoms. The summed E-state index contributed by atoms with van der Waals surface area (Å²) in [5.41, 5.74) is 1.92. The number of halogens is 4.